The zero-order chi connectivity index (χ0) is 15.0. The first-order valence-corrected chi connectivity index (χ1v) is 7.73. The van der Waals surface area contributed by atoms with Gasteiger partial charge < -0.3 is 5.32 Å². The smallest absolute Gasteiger partial charge is 0.270 e. The predicted octanol–water partition coefficient (Wildman–Crippen LogP) is 1.26. The number of sulfone groups is 1. The van der Waals surface area contributed by atoms with Crippen LogP contribution in [0.25, 0.3) is 10.9 Å². The van der Waals surface area contributed by atoms with Crippen LogP contribution in [-0.2, 0) is 9.84 Å². The van der Waals surface area contributed by atoms with Gasteiger partial charge >= 0.3 is 0 Å². The van der Waals surface area contributed by atoms with E-state index in [9.17, 15) is 18.5 Å². The summed E-state index contributed by atoms with van der Waals surface area (Å²) < 4.78 is 22.8. The van der Waals surface area contributed by atoms with Crippen LogP contribution in [0.2, 0.25) is 0 Å². The summed E-state index contributed by atoms with van der Waals surface area (Å²) in [4.78, 5) is 18.4. The van der Waals surface area contributed by atoms with Crippen molar-refractivity contribution in [3.05, 3.63) is 46.1 Å². The van der Waals surface area contributed by atoms with Gasteiger partial charge in [-0.3, -0.25) is 10.1 Å². The number of nitrogens with zero attached hydrogens (tertiary/aromatic N) is 3. The summed E-state index contributed by atoms with van der Waals surface area (Å²) >= 11 is 0. The Kier molecular flexibility index (Phi) is 3.05. The van der Waals surface area contributed by atoms with Crippen LogP contribution in [0.1, 0.15) is 0 Å². The van der Waals surface area contributed by atoms with Gasteiger partial charge in [0.2, 0.25) is 0 Å². The normalized spacial score (nSPS) is 19.7. The molecule has 108 valence electrons. The van der Waals surface area contributed by atoms with Crippen molar-refractivity contribution in [1.29, 1.82) is 0 Å². The number of hydrogen-bond acceptors (Lipinski definition) is 7. The number of nitro groups is 1. The number of aromatic nitrogens is 2. The van der Waals surface area contributed by atoms with Gasteiger partial charge in [0.25, 0.3) is 5.69 Å². The zero-order valence-corrected chi connectivity index (χ0v) is 11.4. The quantitative estimate of drug-likeness (QED) is 0.670. The van der Waals surface area contributed by atoms with E-state index in [4.69, 9.17) is 0 Å². The number of hydrogen-bond donors (Lipinski definition) is 1. The van der Waals surface area contributed by atoms with E-state index >= 15 is 0 Å². The van der Waals surface area contributed by atoms with Gasteiger partial charge in [-0.2, -0.15) is 0 Å². The minimum absolute atomic E-state index is 0.0621. The molecule has 3 rings (SSSR count). The molecular formula is C12H10N4O4S. The van der Waals surface area contributed by atoms with E-state index in [0.29, 0.717) is 16.7 Å². The fraction of sp³-hybridized carbons (Fsp3) is 0.167. The lowest BCUT2D eigenvalue weighted by atomic mass is 10.2. The van der Waals surface area contributed by atoms with Crippen molar-refractivity contribution in [2.24, 2.45) is 0 Å². The Morgan fingerprint density at radius 2 is 2.14 bits per heavy atom. The summed E-state index contributed by atoms with van der Waals surface area (Å²) in [6.07, 6.45) is 2.85. The lowest BCUT2D eigenvalue weighted by molar-refractivity contribution is -0.384. The largest absolute Gasteiger partial charge is 0.362 e. The highest BCUT2D eigenvalue weighted by molar-refractivity contribution is 7.94. The van der Waals surface area contributed by atoms with E-state index in [1.54, 1.807) is 0 Å². The van der Waals surface area contributed by atoms with Crippen LogP contribution in [0.15, 0.2) is 36.0 Å². The Bertz CT molecular complexity index is 863. The summed E-state index contributed by atoms with van der Waals surface area (Å²) in [7, 11) is -3.19. The maximum absolute atomic E-state index is 11.4. The van der Waals surface area contributed by atoms with Gasteiger partial charge in [0, 0.05) is 22.9 Å². The molecule has 1 atom stereocenters. The minimum Gasteiger partial charge on any atom is -0.362 e. The van der Waals surface area contributed by atoms with Gasteiger partial charge in [-0.15, -0.1) is 0 Å². The zero-order valence-electron chi connectivity index (χ0n) is 10.6. The number of fused-ring (bicyclic) bond motifs is 1. The predicted molar refractivity (Wildman–Crippen MR) is 76.5 cm³/mol. The van der Waals surface area contributed by atoms with E-state index in [-0.39, 0.29) is 11.4 Å². The number of non-ortho nitro benzene ring substituents is 1. The molecule has 1 aliphatic heterocycles. The van der Waals surface area contributed by atoms with Gasteiger partial charge in [-0.1, -0.05) is 0 Å². The molecule has 0 spiro atoms. The molecule has 0 amide bonds. The van der Waals surface area contributed by atoms with Crippen molar-refractivity contribution in [2.45, 2.75) is 6.04 Å². The monoisotopic (exact) mass is 306 g/mol. The molecule has 0 fully saturated rings. The van der Waals surface area contributed by atoms with Crippen LogP contribution in [0.3, 0.4) is 0 Å². The second-order valence-corrected chi connectivity index (χ2v) is 6.52. The number of anilines is 1. The van der Waals surface area contributed by atoms with Crippen molar-refractivity contribution in [1.82, 2.24) is 9.97 Å². The third-order valence-corrected chi connectivity index (χ3v) is 4.48. The summed E-state index contributed by atoms with van der Waals surface area (Å²) in [6, 6.07) is 3.85. The van der Waals surface area contributed by atoms with E-state index in [0.717, 1.165) is 5.41 Å². The van der Waals surface area contributed by atoms with Crippen molar-refractivity contribution in [3.8, 4) is 0 Å². The highest BCUT2D eigenvalue weighted by Crippen LogP contribution is 2.25. The van der Waals surface area contributed by atoms with E-state index < -0.39 is 20.8 Å². The van der Waals surface area contributed by atoms with E-state index in [2.05, 4.69) is 15.3 Å². The van der Waals surface area contributed by atoms with Gasteiger partial charge in [-0.05, 0) is 12.1 Å². The molecule has 21 heavy (non-hydrogen) atoms. The maximum atomic E-state index is 11.4. The highest BCUT2D eigenvalue weighted by atomic mass is 32.2. The maximum Gasteiger partial charge on any atom is 0.270 e. The topological polar surface area (TPSA) is 115 Å². The third kappa shape index (κ3) is 2.68. The molecule has 1 unspecified atom stereocenters. The van der Waals surface area contributed by atoms with Crippen LogP contribution in [0.4, 0.5) is 11.5 Å². The summed E-state index contributed by atoms with van der Waals surface area (Å²) in [6.45, 7) is 0. The standard InChI is InChI=1S/C12H10N4O4S/c17-16(18)9-1-2-11-10(5-9)12(14-7-13-11)15-8-3-4-21(19,20)6-8/h1-5,7-8H,6H2,(H,13,14,15). The second-order valence-electron chi connectivity index (χ2n) is 4.59. The highest BCUT2D eigenvalue weighted by Gasteiger charge is 2.22. The molecule has 0 bridgehead atoms. The molecule has 1 aromatic carbocycles. The molecule has 2 heterocycles. The number of nitrogens with one attached hydrogen (secondary N) is 1. The molecule has 0 saturated heterocycles. The summed E-state index contributed by atoms with van der Waals surface area (Å²) in [5.41, 5.74) is 0.470. The fourth-order valence-electron chi connectivity index (χ4n) is 2.11. The minimum atomic E-state index is -3.19. The number of nitro benzene ring substituents is 1. The van der Waals surface area contributed by atoms with Crippen molar-refractivity contribution >= 4 is 32.2 Å². The first-order chi connectivity index (χ1) is 9.94. The van der Waals surface area contributed by atoms with Gasteiger partial charge in [0.15, 0.2) is 9.84 Å². The van der Waals surface area contributed by atoms with Crippen molar-refractivity contribution in [3.63, 3.8) is 0 Å². The van der Waals surface area contributed by atoms with Gasteiger partial charge in [-0.25, -0.2) is 18.4 Å². The molecule has 0 aliphatic carbocycles. The van der Waals surface area contributed by atoms with Gasteiger partial charge in [0.1, 0.15) is 12.1 Å². The second kappa shape index (κ2) is 4.77. The molecular weight excluding hydrogens is 296 g/mol. The molecule has 9 heteroatoms. The molecule has 1 aliphatic rings. The van der Waals surface area contributed by atoms with E-state index in [1.807, 2.05) is 0 Å². The molecule has 1 aromatic heterocycles. The Labute approximate surface area is 119 Å². The molecule has 1 N–H and O–H groups in total. The molecule has 0 radical (unpaired) electrons. The van der Waals surface area contributed by atoms with Gasteiger partial charge in [0.05, 0.1) is 22.2 Å². The lowest BCUT2D eigenvalue weighted by Crippen LogP contribution is -2.21. The number of benzene rings is 1. The van der Waals surface area contributed by atoms with Crippen LogP contribution >= 0.6 is 0 Å². The van der Waals surface area contributed by atoms with Crippen molar-refractivity contribution in [2.75, 3.05) is 11.1 Å². The van der Waals surface area contributed by atoms with Crippen molar-refractivity contribution < 1.29 is 13.3 Å². The Balaban J connectivity index is 2.00. The Hall–Kier alpha value is -2.55. The van der Waals surface area contributed by atoms with Crippen LogP contribution in [0.5, 0.6) is 0 Å². The summed E-state index contributed by atoms with van der Waals surface area (Å²) in [5, 5.41) is 15.4. The van der Waals surface area contributed by atoms with Crippen LogP contribution in [-0.4, -0.2) is 35.1 Å². The number of rotatable bonds is 3. The lowest BCUT2D eigenvalue weighted by Gasteiger charge is -2.12. The summed E-state index contributed by atoms with van der Waals surface area (Å²) in [5.74, 6) is 0.309. The average Bonchev–Trinajstić information content (AvgIpc) is 2.78. The Morgan fingerprint density at radius 3 is 2.81 bits per heavy atom. The molecule has 0 saturated carbocycles. The van der Waals surface area contributed by atoms with Crippen LogP contribution in [0, 0.1) is 10.1 Å². The SMILES string of the molecule is O=[N+]([O-])c1ccc2ncnc(NC3C=CS(=O)(=O)C3)c2c1. The first-order valence-electron chi connectivity index (χ1n) is 6.01. The fourth-order valence-corrected chi connectivity index (χ4v) is 3.35. The van der Waals surface area contributed by atoms with Crippen LogP contribution < -0.4 is 5.32 Å². The third-order valence-electron chi connectivity index (χ3n) is 3.08. The Morgan fingerprint density at radius 1 is 1.33 bits per heavy atom. The molecule has 8 nitrogen and oxygen atoms in total. The first kappa shape index (κ1) is 13.4. The van der Waals surface area contributed by atoms with E-state index in [1.165, 1.54) is 30.6 Å². The average molecular weight is 306 g/mol. The molecule has 2 aromatic rings.